The Hall–Kier alpha value is -2.50. The number of pyridine rings is 1. The van der Waals surface area contributed by atoms with Crippen LogP contribution in [0.3, 0.4) is 0 Å². The molecule has 1 N–H and O–H groups in total. The standard InChI is InChI=1S/C15H17NO5/c1-5-16-10-7-12(21-4)11(20-3)6-9(10)14(17)8(2)13(16)15(18)19/h6-7H,5H2,1-4H3,(H,18,19). The number of nitrogens with zero attached hydrogens (tertiary/aromatic N) is 1. The Morgan fingerprint density at radius 1 is 1.24 bits per heavy atom. The first-order valence-corrected chi connectivity index (χ1v) is 6.48. The van der Waals surface area contributed by atoms with Gasteiger partial charge >= 0.3 is 5.97 Å². The minimum absolute atomic E-state index is 0.00206. The van der Waals surface area contributed by atoms with Crippen molar-refractivity contribution < 1.29 is 19.4 Å². The highest BCUT2D eigenvalue weighted by molar-refractivity contribution is 5.93. The van der Waals surface area contributed by atoms with Crippen LogP contribution in [0.15, 0.2) is 16.9 Å². The van der Waals surface area contributed by atoms with E-state index in [2.05, 4.69) is 0 Å². The van der Waals surface area contributed by atoms with Gasteiger partial charge in [-0.05, 0) is 19.9 Å². The molecule has 1 aromatic carbocycles. The van der Waals surface area contributed by atoms with Gasteiger partial charge in [0.1, 0.15) is 5.69 Å². The van der Waals surface area contributed by atoms with Crippen LogP contribution in [0.1, 0.15) is 23.0 Å². The van der Waals surface area contributed by atoms with E-state index in [1.54, 1.807) is 16.7 Å². The highest BCUT2D eigenvalue weighted by Gasteiger charge is 2.20. The summed E-state index contributed by atoms with van der Waals surface area (Å²) in [7, 11) is 2.98. The van der Waals surface area contributed by atoms with Crippen molar-refractivity contribution in [1.82, 2.24) is 4.57 Å². The van der Waals surface area contributed by atoms with Gasteiger partial charge in [-0.1, -0.05) is 0 Å². The number of carbonyl (C=O) groups is 1. The van der Waals surface area contributed by atoms with Gasteiger partial charge in [-0.15, -0.1) is 0 Å². The quantitative estimate of drug-likeness (QED) is 0.932. The minimum atomic E-state index is -1.12. The van der Waals surface area contributed by atoms with Gasteiger partial charge in [0, 0.05) is 23.6 Å². The largest absolute Gasteiger partial charge is 0.493 e. The maximum atomic E-state index is 12.4. The van der Waals surface area contributed by atoms with Gasteiger partial charge in [0.2, 0.25) is 0 Å². The summed E-state index contributed by atoms with van der Waals surface area (Å²) in [4.78, 5) is 23.9. The summed E-state index contributed by atoms with van der Waals surface area (Å²) < 4.78 is 12.0. The van der Waals surface area contributed by atoms with Crippen molar-refractivity contribution >= 4 is 16.9 Å². The van der Waals surface area contributed by atoms with Gasteiger partial charge in [-0.25, -0.2) is 4.79 Å². The Kier molecular flexibility index (Phi) is 3.88. The zero-order valence-corrected chi connectivity index (χ0v) is 12.4. The van der Waals surface area contributed by atoms with Crippen LogP contribution >= 0.6 is 0 Å². The van der Waals surface area contributed by atoms with Crippen LogP contribution in [0.5, 0.6) is 11.5 Å². The van der Waals surface area contributed by atoms with Crippen molar-refractivity contribution in [2.75, 3.05) is 14.2 Å². The molecule has 0 atom stereocenters. The molecule has 0 bridgehead atoms. The van der Waals surface area contributed by atoms with Crippen LogP contribution in [-0.4, -0.2) is 29.9 Å². The Bertz CT molecular complexity index is 776. The summed E-state index contributed by atoms with van der Waals surface area (Å²) in [5.74, 6) is -0.234. The van der Waals surface area contributed by atoms with E-state index in [9.17, 15) is 14.7 Å². The van der Waals surface area contributed by atoms with Crippen molar-refractivity contribution in [1.29, 1.82) is 0 Å². The van der Waals surface area contributed by atoms with Crippen LogP contribution in [0.2, 0.25) is 0 Å². The highest BCUT2D eigenvalue weighted by atomic mass is 16.5. The van der Waals surface area contributed by atoms with E-state index in [1.165, 1.54) is 21.1 Å². The molecule has 112 valence electrons. The number of rotatable bonds is 4. The summed E-state index contributed by atoms with van der Waals surface area (Å²) in [6.07, 6.45) is 0. The molecular formula is C15H17NO5. The van der Waals surface area contributed by atoms with Crippen molar-refractivity contribution in [2.45, 2.75) is 20.4 Å². The van der Waals surface area contributed by atoms with Gasteiger partial charge in [0.25, 0.3) is 0 Å². The molecule has 0 amide bonds. The van der Waals surface area contributed by atoms with E-state index in [4.69, 9.17) is 9.47 Å². The fraction of sp³-hybridized carbons (Fsp3) is 0.333. The number of methoxy groups -OCH3 is 2. The molecule has 0 saturated heterocycles. The molecule has 0 aliphatic carbocycles. The van der Waals surface area contributed by atoms with Crippen LogP contribution in [0, 0.1) is 6.92 Å². The fourth-order valence-corrected chi connectivity index (χ4v) is 2.51. The molecule has 0 fully saturated rings. The highest BCUT2D eigenvalue weighted by Crippen LogP contribution is 2.31. The lowest BCUT2D eigenvalue weighted by molar-refractivity contribution is 0.0684. The number of aryl methyl sites for hydroxylation is 1. The van der Waals surface area contributed by atoms with Crippen LogP contribution < -0.4 is 14.9 Å². The summed E-state index contributed by atoms with van der Waals surface area (Å²) >= 11 is 0. The average molecular weight is 291 g/mol. The first-order chi connectivity index (χ1) is 9.96. The second kappa shape index (κ2) is 5.47. The molecular weight excluding hydrogens is 274 g/mol. The van der Waals surface area contributed by atoms with Crippen LogP contribution in [-0.2, 0) is 6.54 Å². The number of aromatic nitrogens is 1. The second-order valence-corrected chi connectivity index (χ2v) is 4.58. The van der Waals surface area contributed by atoms with Crippen LogP contribution in [0.4, 0.5) is 0 Å². The monoisotopic (exact) mass is 291 g/mol. The molecule has 0 unspecified atom stereocenters. The van der Waals surface area contributed by atoms with Gasteiger partial charge in [-0.2, -0.15) is 0 Å². The molecule has 6 nitrogen and oxygen atoms in total. The Morgan fingerprint density at radius 2 is 1.81 bits per heavy atom. The number of benzene rings is 1. The summed E-state index contributed by atoms with van der Waals surface area (Å²) in [5.41, 5.74) is 0.419. The molecule has 0 aliphatic heterocycles. The molecule has 6 heteroatoms. The lowest BCUT2D eigenvalue weighted by Crippen LogP contribution is -2.21. The topological polar surface area (TPSA) is 77.8 Å². The van der Waals surface area contributed by atoms with Crippen molar-refractivity contribution in [3.63, 3.8) is 0 Å². The normalized spacial score (nSPS) is 10.7. The minimum Gasteiger partial charge on any atom is -0.493 e. The summed E-state index contributed by atoms with van der Waals surface area (Å²) in [6.45, 7) is 3.77. The zero-order chi connectivity index (χ0) is 15.7. The number of fused-ring (bicyclic) bond motifs is 1. The zero-order valence-electron chi connectivity index (χ0n) is 12.4. The number of aromatic carboxylic acids is 1. The molecule has 0 radical (unpaired) electrons. The number of hydrogen-bond acceptors (Lipinski definition) is 4. The first-order valence-electron chi connectivity index (χ1n) is 6.48. The van der Waals surface area contributed by atoms with E-state index in [0.29, 0.717) is 28.9 Å². The molecule has 0 saturated carbocycles. The number of ether oxygens (including phenoxy) is 2. The molecule has 1 heterocycles. The summed E-state index contributed by atoms with van der Waals surface area (Å²) in [5, 5.41) is 9.79. The predicted octanol–water partition coefficient (Wildman–Crippen LogP) is 2.05. The lowest BCUT2D eigenvalue weighted by Gasteiger charge is -2.17. The van der Waals surface area contributed by atoms with E-state index in [1.807, 2.05) is 6.92 Å². The first kappa shape index (κ1) is 14.9. The van der Waals surface area contributed by atoms with Gasteiger partial charge in [0.15, 0.2) is 16.9 Å². The van der Waals surface area contributed by atoms with Gasteiger partial charge in [0.05, 0.1) is 19.7 Å². The number of carboxylic acids is 1. The Balaban J connectivity index is 3.04. The Morgan fingerprint density at radius 3 is 2.29 bits per heavy atom. The maximum absolute atomic E-state index is 12.4. The van der Waals surface area contributed by atoms with E-state index < -0.39 is 5.97 Å². The molecule has 2 aromatic rings. The summed E-state index contributed by atoms with van der Waals surface area (Å²) in [6, 6.07) is 3.21. The second-order valence-electron chi connectivity index (χ2n) is 4.58. The lowest BCUT2D eigenvalue weighted by atomic mass is 10.1. The maximum Gasteiger partial charge on any atom is 0.352 e. The third-order valence-electron chi connectivity index (χ3n) is 3.52. The van der Waals surface area contributed by atoms with E-state index in [-0.39, 0.29) is 16.7 Å². The third kappa shape index (κ3) is 2.22. The van der Waals surface area contributed by atoms with E-state index >= 15 is 0 Å². The van der Waals surface area contributed by atoms with Crippen molar-refractivity contribution in [3.8, 4) is 11.5 Å². The predicted molar refractivity (Wildman–Crippen MR) is 78.7 cm³/mol. The van der Waals surface area contributed by atoms with E-state index in [0.717, 1.165) is 0 Å². The molecule has 21 heavy (non-hydrogen) atoms. The number of carboxylic acid groups (broad SMARTS) is 1. The third-order valence-corrected chi connectivity index (χ3v) is 3.52. The fourth-order valence-electron chi connectivity index (χ4n) is 2.51. The molecule has 0 spiro atoms. The van der Waals surface area contributed by atoms with Crippen molar-refractivity contribution in [3.05, 3.63) is 33.6 Å². The SMILES string of the molecule is CCn1c(C(=O)O)c(C)c(=O)c2cc(OC)c(OC)cc21. The Labute approximate surface area is 121 Å². The smallest absolute Gasteiger partial charge is 0.352 e. The van der Waals surface area contributed by atoms with Gasteiger partial charge in [-0.3, -0.25) is 4.79 Å². The molecule has 2 rings (SSSR count). The molecule has 1 aromatic heterocycles. The molecule has 0 aliphatic rings. The van der Waals surface area contributed by atoms with Gasteiger partial charge < -0.3 is 19.1 Å². The average Bonchev–Trinajstić information content (AvgIpc) is 2.48. The van der Waals surface area contributed by atoms with Crippen molar-refractivity contribution in [2.24, 2.45) is 0 Å². The number of hydrogen-bond donors (Lipinski definition) is 1. The van der Waals surface area contributed by atoms with Crippen LogP contribution in [0.25, 0.3) is 10.9 Å².